The smallest absolute Gasteiger partial charge is 0.331 e. The summed E-state index contributed by atoms with van der Waals surface area (Å²) in [5, 5.41) is 9.04. The van der Waals surface area contributed by atoms with Crippen LogP contribution in [-0.4, -0.2) is 11.1 Å². The van der Waals surface area contributed by atoms with Crippen LogP contribution in [0.2, 0.25) is 0 Å². The molecular formula is C11H18O2. The Balaban J connectivity index is 2.75. The van der Waals surface area contributed by atoms with E-state index in [1.165, 1.54) is 19.3 Å². The molecule has 2 nitrogen and oxygen atoms in total. The SMILES string of the molecule is CC(C)=C(C(=O)O)C1CCCCC1. The summed E-state index contributed by atoms with van der Waals surface area (Å²) in [5.74, 6) is -0.400. The van der Waals surface area contributed by atoms with Crippen molar-refractivity contribution in [3.8, 4) is 0 Å². The molecule has 1 N–H and O–H groups in total. The van der Waals surface area contributed by atoms with E-state index in [-0.39, 0.29) is 0 Å². The zero-order valence-electron chi connectivity index (χ0n) is 8.47. The lowest BCUT2D eigenvalue weighted by Crippen LogP contribution is -2.17. The summed E-state index contributed by atoms with van der Waals surface area (Å²) < 4.78 is 0. The van der Waals surface area contributed by atoms with Crippen LogP contribution in [0.4, 0.5) is 0 Å². The molecule has 0 aromatic heterocycles. The minimum absolute atomic E-state index is 0.316. The van der Waals surface area contributed by atoms with E-state index in [9.17, 15) is 4.79 Å². The van der Waals surface area contributed by atoms with Gasteiger partial charge in [-0.05, 0) is 32.6 Å². The van der Waals surface area contributed by atoms with Crippen LogP contribution >= 0.6 is 0 Å². The molecule has 0 radical (unpaired) electrons. The van der Waals surface area contributed by atoms with Crippen LogP contribution in [-0.2, 0) is 4.79 Å². The molecule has 1 saturated carbocycles. The van der Waals surface area contributed by atoms with Crippen molar-refractivity contribution in [2.45, 2.75) is 46.0 Å². The second kappa shape index (κ2) is 4.45. The number of carboxylic acid groups (broad SMARTS) is 1. The molecule has 0 unspecified atom stereocenters. The third-order valence-electron chi connectivity index (χ3n) is 2.78. The highest BCUT2D eigenvalue weighted by Gasteiger charge is 2.23. The summed E-state index contributed by atoms with van der Waals surface area (Å²) in [7, 11) is 0. The number of allylic oxidation sites excluding steroid dienone is 1. The van der Waals surface area contributed by atoms with Crippen LogP contribution in [0.25, 0.3) is 0 Å². The van der Waals surface area contributed by atoms with Gasteiger partial charge in [0.2, 0.25) is 0 Å². The van der Waals surface area contributed by atoms with Gasteiger partial charge in [-0.15, -0.1) is 0 Å². The molecule has 0 spiro atoms. The molecule has 1 aliphatic carbocycles. The second-order valence-corrected chi connectivity index (χ2v) is 4.05. The van der Waals surface area contributed by atoms with E-state index in [0.29, 0.717) is 11.5 Å². The largest absolute Gasteiger partial charge is 0.478 e. The molecule has 74 valence electrons. The van der Waals surface area contributed by atoms with Gasteiger partial charge >= 0.3 is 5.97 Å². The summed E-state index contributed by atoms with van der Waals surface area (Å²) in [4.78, 5) is 11.0. The quantitative estimate of drug-likeness (QED) is 0.666. The van der Waals surface area contributed by atoms with Crippen LogP contribution < -0.4 is 0 Å². The second-order valence-electron chi connectivity index (χ2n) is 4.05. The normalized spacial score (nSPS) is 18.3. The highest BCUT2D eigenvalue weighted by atomic mass is 16.4. The molecule has 0 aliphatic heterocycles. The van der Waals surface area contributed by atoms with Gasteiger partial charge in [-0.3, -0.25) is 0 Å². The minimum Gasteiger partial charge on any atom is -0.478 e. The molecule has 0 heterocycles. The van der Waals surface area contributed by atoms with Crippen molar-refractivity contribution in [2.75, 3.05) is 0 Å². The van der Waals surface area contributed by atoms with Crippen LogP contribution in [0.15, 0.2) is 11.1 Å². The Morgan fingerprint density at radius 3 is 2.08 bits per heavy atom. The first-order valence-electron chi connectivity index (χ1n) is 5.03. The Hall–Kier alpha value is -0.790. The van der Waals surface area contributed by atoms with Gasteiger partial charge in [-0.25, -0.2) is 4.79 Å². The predicted molar refractivity (Wildman–Crippen MR) is 52.6 cm³/mol. The Labute approximate surface area is 79.6 Å². The summed E-state index contributed by atoms with van der Waals surface area (Å²) in [5.41, 5.74) is 1.64. The highest BCUT2D eigenvalue weighted by molar-refractivity contribution is 5.87. The maximum absolute atomic E-state index is 11.0. The van der Waals surface area contributed by atoms with Gasteiger partial charge < -0.3 is 5.11 Å². The van der Waals surface area contributed by atoms with Crippen molar-refractivity contribution in [2.24, 2.45) is 5.92 Å². The van der Waals surface area contributed by atoms with Gasteiger partial charge in [-0.2, -0.15) is 0 Å². The molecule has 2 heteroatoms. The van der Waals surface area contributed by atoms with Gasteiger partial charge in [0.25, 0.3) is 0 Å². The first kappa shape index (κ1) is 10.3. The molecule has 1 rings (SSSR count). The van der Waals surface area contributed by atoms with Gasteiger partial charge in [0.05, 0.1) is 0 Å². The summed E-state index contributed by atoms with van der Waals surface area (Å²) in [6.07, 6.45) is 5.77. The Kier molecular flexibility index (Phi) is 3.52. The Bertz CT molecular complexity index is 218. The minimum atomic E-state index is -0.716. The fourth-order valence-electron chi connectivity index (χ4n) is 2.19. The third kappa shape index (κ3) is 2.58. The van der Waals surface area contributed by atoms with E-state index >= 15 is 0 Å². The fraction of sp³-hybridized carbons (Fsp3) is 0.727. The molecule has 1 fully saturated rings. The summed E-state index contributed by atoms with van der Waals surface area (Å²) >= 11 is 0. The van der Waals surface area contributed by atoms with Crippen molar-refractivity contribution in [3.63, 3.8) is 0 Å². The van der Waals surface area contributed by atoms with E-state index in [1.54, 1.807) is 0 Å². The van der Waals surface area contributed by atoms with E-state index in [4.69, 9.17) is 5.11 Å². The van der Waals surface area contributed by atoms with Crippen LogP contribution in [0.5, 0.6) is 0 Å². The van der Waals surface area contributed by atoms with E-state index < -0.39 is 5.97 Å². The molecular weight excluding hydrogens is 164 g/mol. The molecule has 0 saturated heterocycles. The summed E-state index contributed by atoms with van der Waals surface area (Å²) in [6.45, 7) is 3.80. The van der Waals surface area contributed by atoms with Gasteiger partial charge in [0, 0.05) is 5.57 Å². The molecule has 13 heavy (non-hydrogen) atoms. The van der Waals surface area contributed by atoms with Crippen LogP contribution in [0.1, 0.15) is 46.0 Å². The molecule has 1 aliphatic rings. The lowest BCUT2D eigenvalue weighted by atomic mass is 9.82. The van der Waals surface area contributed by atoms with Crippen LogP contribution in [0.3, 0.4) is 0 Å². The van der Waals surface area contributed by atoms with E-state index in [1.807, 2.05) is 13.8 Å². The first-order chi connectivity index (χ1) is 6.13. The maximum atomic E-state index is 11.0. The van der Waals surface area contributed by atoms with Crippen molar-refractivity contribution in [1.82, 2.24) is 0 Å². The first-order valence-corrected chi connectivity index (χ1v) is 5.03. The molecule has 0 bridgehead atoms. The van der Waals surface area contributed by atoms with Gasteiger partial charge in [0.15, 0.2) is 0 Å². The molecule has 0 amide bonds. The number of hydrogen-bond donors (Lipinski definition) is 1. The van der Waals surface area contributed by atoms with Crippen molar-refractivity contribution < 1.29 is 9.90 Å². The number of carboxylic acids is 1. The van der Waals surface area contributed by atoms with Gasteiger partial charge in [-0.1, -0.05) is 24.8 Å². The van der Waals surface area contributed by atoms with Gasteiger partial charge in [0.1, 0.15) is 0 Å². The Morgan fingerprint density at radius 1 is 1.15 bits per heavy atom. The third-order valence-corrected chi connectivity index (χ3v) is 2.78. The van der Waals surface area contributed by atoms with E-state index in [2.05, 4.69) is 0 Å². The van der Waals surface area contributed by atoms with E-state index in [0.717, 1.165) is 18.4 Å². The van der Waals surface area contributed by atoms with Crippen molar-refractivity contribution in [3.05, 3.63) is 11.1 Å². The highest BCUT2D eigenvalue weighted by Crippen LogP contribution is 2.31. The number of aliphatic carboxylic acids is 1. The average Bonchev–Trinajstić information content (AvgIpc) is 2.04. The maximum Gasteiger partial charge on any atom is 0.331 e. The summed E-state index contributed by atoms with van der Waals surface area (Å²) in [6, 6.07) is 0. The van der Waals surface area contributed by atoms with Crippen molar-refractivity contribution >= 4 is 5.97 Å². The zero-order valence-corrected chi connectivity index (χ0v) is 8.47. The monoisotopic (exact) mass is 182 g/mol. The standard InChI is InChI=1S/C11H18O2/c1-8(2)10(11(12)13)9-6-4-3-5-7-9/h9H,3-7H2,1-2H3,(H,12,13). The predicted octanol–water partition coefficient (Wildman–Crippen LogP) is 2.99. The lowest BCUT2D eigenvalue weighted by Gasteiger charge is -2.23. The average molecular weight is 182 g/mol. The number of rotatable bonds is 2. The molecule has 0 aromatic carbocycles. The molecule has 0 aromatic rings. The molecule has 0 atom stereocenters. The van der Waals surface area contributed by atoms with Crippen LogP contribution in [0, 0.1) is 5.92 Å². The lowest BCUT2D eigenvalue weighted by molar-refractivity contribution is -0.133. The Morgan fingerprint density at radius 2 is 1.69 bits per heavy atom. The fourth-order valence-corrected chi connectivity index (χ4v) is 2.19. The number of carbonyl (C=O) groups is 1. The number of hydrogen-bond acceptors (Lipinski definition) is 1. The zero-order chi connectivity index (χ0) is 9.84. The van der Waals surface area contributed by atoms with Crippen molar-refractivity contribution in [1.29, 1.82) is 0 Å². The topological polar surface area (TPSA) is 37.3 Å².